The molecule has 6 nitrogen and oxygen atoms in total. The average molecular weight is 584 g/mol. The van der Waals surface area contributed by atoms with Crippen molar-refractivity contribution in [3.05, 3.63) is 105 Å². The largest absolute Gasteiger partial charge is 0.487 e. The van der Waals surface area contributed by atoms with Gasteiger partial charge in [-0.25, -0.2) is 9.67 Å². The maximum Gasteiger partial charge on any atom is 0.254 e. The number of amides is 1. The van der Waals surface area contributed by atoms with Crippen molar-refractivity contribution < 1.29 is 9.53 Å². The van der Waals surface area contributed by atoms with Gasteiger partial charge < -0.3 is 9.64 Å². The summed E-state index contributed by atoms with van der Waals surface area (Å²) in [7, 11) is 1.82. The first-order chi connectivity index (χ1) is 16.3. The molecule has 0 aliphatic rings. The van der Waals surface area contributed by atoms with Crippen LogP contribution in [0.25, 0.3) is 5.69 Å². The third-order valence-corrected chi connectivity index (χ3v) is 6.86. The molecule has 0 fully saturated rings. The zero-order valence-corrected chi connectivity index (χ0v) is 22.2. The number of aromatic nitrogens is 3. The number of halogens is 2. The number of hydrogen-bond acceptors (Lipinski definition) is 4. The Bertz CT molecular complexity index is 1250. The molecule has 0 saturated heterocycles. The van der Waals surface area contributed by atoms with Crippen LogP contribution < -0.4 is 4.74 Å². The number of carbonyl (C=O) groups is 1. The van der Waals surface area contributed by atoms with Crippen molar-refractivity contribution in [3.63, 3.8) is 0 Å². The van der Waals surface area contributed by atoms with Crippen LogP contribution in [0.15, 0.2) is 82.3 Å². The van der Waals surface area contributed by atoms with Crippen molar-refractivity contribution in [2.45, 2.75) is 26.5 Å². The summed E-state index contributed by atoms with van der Waals surface area (Å²) in [4.78, 5) is 18.8. The van der Waals surface area contributed by atoms with E-state index in [9.17, 15) is 4.79 Å². The van der Waals surface area contributed by atoms with Gasteiger partial charge in [0.2, 0.25) is 0 Å². The summed E-state index contributed by atoms with van der Waals surface area (Å²) in [6, 6.07) is 19.4. The van der Waals surface area contributed by atoms with Crippen LogP contribution in [0.1, 0.15) is 40.0 Å². The van der Waals surface area contributed by atoms with Crippen molar-refractivity contribution in [1.29, 1.82) is 0 Å². The number of hydrogen-bond donors (Lipinski definition) is 0. The summed E-state index contributed by atoms with van der Waals surface area (Å²) in [6.07, 6.45) is 3.15. The first-order valence-electron chi connectivity index (χ1n) is 10.7. The van der Waals surface area contributed by atoms with E-state index < -0.39 is 0 Å². The molecule has 34 heavy (non-hydrogen) atoms. The molecule has 0 radical (unpaired) electrons. The molecule has 0 saturated carbocycles. The van der Waals surface area contributed by atoms with Gasteiger partial charge in [0.1, 0.15) is 25.0 Å². The van der Waals surface area contributed by atoms with E-state index in [0.29, 0.717) is 12.2 Å². The molecule has 1 atom stereocenters. The molecule has 4 rings (SSSR count). The van der Waals surface area contributed by atoms with Gasteiger partial charge in [0.25, 0.3) is 5.91 Å². The number of rotatable bonds is 7. The van der Waals surface area contributed by atoms with Crippen LogP contribution >= 0.6 is 31.9 Å². The van der Waals surface area contributed by atoms with Gasteiger partial charge in [0.15, 0.2) is 0 Å². The molecule has 1 aromatic heterocycles. The maximum absolute atomic E-state index is 13.1. The fourth-order valence-electron chi connectivity index (χ4n) is 3.57. The molecule has 174 valence electrons. The van der Waals surface area contributed by atoms with Crippen LogP contribution in [0.5, 0.6) is 5.75 Å². The fourth-order valence-corrected chi connectivity index (χ4v) is 5.22. The molecule has 8 heteroatoms. The number of carbonyl (C=O) groups excluding carboxylic acids is 1. The van der Waals surface area contributed by atoms with Crippen molar-refractivity contribution in [3.8, 4) is 11.4 Å². The number of benzene rings is 3. The predicted molar refractivity (Wildman–Crippen MR) is 139 cm³/mol. The van der Waals surface area contributed by atoms with E-state index in [1.54, 1.807) is 15.9 Å². The zero-order chi connectivity index (χ0) is 24.2. The minimum Gasteiger partial charge on any atom is -0.487 e. The minimum atomic E-state index is -0.0865. The highest BCUT2D eigenvalue weighted by Crippen LogP contribution is 2.35. The first-order valence-corrected chi connectivity index (χ1v) is 12.3. The van der Waals surface area contributed by atoms with Crippen LogP contribution in [-0.2, 0) is 6.61 Å². The van der Waals surface area contributed by atoms with Crippen molar-refractivity contribution >= 4 is 37.8 Å². The summed E-state index contributed by atoms with van der Waals surface area (Å²) in [5.74, 6) is 0.721. The first kappa shape index (κ1) is 24.2. The van der Waals surface area contributed by atoms with Crippen molar-refractivity contribution in [1.82, 2.24) is 19.7 Å². The smallest absolute Gasteiger partial charge is 0.254 e. The summed E-state index contributed by atoms with van der Waals surface area (Å²) < 4.78 is 9.49. The van der Waals surface area contributed by atoms with Crippen LogP contribution in [0.3, 0.4) is 0 Å². The molecular weight excluding hydrogens is 560 g/mol. The summed E-state index contributed by atoms with van der Waals surface area (Å²) >= 11 is 7.10. The lowest BCUT2D eigenvalue weighted by molar-refractivity contribution is 0.0742. The third kappa shape index (κ3) is 5.39. The molecule has 0 spiro atoms. The summed E-state index contributed by atoms with van der Waals surface area (Å²) in [5.41, 5.74) is 4.72. The van der Waals surface area contributed by atoms with Gasteiger partial charge in [-0.1, -0.05) is 24.3 Å². The summed E-state index contributed by atoms with van der Waals surface area (Å²) in [5, 5.41) is 4.14. The fraction of sp³-hybridized carbons (Fsp3) is 0.192. The van der Waals surface area contributed by atoms with Gasteiger partial charge in [-0.15, -0.1) is 0 Å². The van der Waals surface area contributed by atoms with Crippen LogP contribution in [0.4, 0.5) is 0 Å². The lowest BCUT2D eigenvalue weighted by atomic mass is 10.1. The average Bonchev–Trinajstić information content (AvgIpc) is 3.37. The second-order valence-electron chi connectivity index (χ2n) is 8.07. The molecule has 3 aromatic carbocycles. The molecule has 0 aliphatic carbocycles. The molecule has 4 aromatic rings. The van der Waals surface area contributed by atoms with E-state index in [1.165, 1.54) is 6.33 Å². The zero-order valence-electron chi connectivity index (χ0n) is 19.1. The number of nitrogens with zero attached hydrogens (tertiary/aromatic N) is 4. The van der Waals surface area contributed by atoms with Crippen LogP contribution in [0.2, 0.25) is 0 Å². The monoisotopic (exact) mass is 582 g/mol. The second kappa shape index (κ2) is 10.5. The Kier molecular flexibility index (Phi) is 7.48. The lowest BCUT2D eigenvalue weighted by Crippen LogP contribution is -2.29. The van der Waals surface area contributed by atoms with Crippen LogP contribution in [-0.4, -0.2) is 32.6 Å². The standard InChI is InChI=1S/C26H24Br2N4O2/c1-17-12-23(27)25(24(28)13-17)34-14-19-4-6-21(7-5-19)26(33)31(3)18(2)20-8-10-22(11-9-20)32-16-29-15-30-32/h4-13,15-16,18H,14H2,1-3H3/t18-/m1/s1. The van der Waals surface area contributed by atoms with E-state index in [1.807, 2.05) is 81.6 Å². The molecule has 0 unspecified atom stereocenters. The third-order valence-electron chi connectivity index (χ3n) is 5.69. The molecule has 0 aliphatic heterocycles. The molecule has 0 N–H and O–H groups in total. The molecule has 1 heterocycles. The predicted octanol–water partition coefficient (Wildman–Crippen LogP) is 6.51. The van der Waals surface area contributed by atoms with E-state index >= 15 is 0 Å². The van der Waals surface area contributed by atoms with Gasteiger partial charge in [-0.05, 0) is 98.8 Å². The van der Waals surface area contributed by atoms with E-state index in [4.69, 9.17) is 4.74 Å². The Morgan fingerprint density at radius 1 is 1.06 bits per heavy atom. The SMILES string of the molecule is Cc1cc(Br)c(OCc2ccc(C(=O)N(C)[C@H](C)c3ccc(-n4cncn4)cc3)cc2)c(Br)c1. The molecular formula is C26H24Br2N4O2. The van der Waals surface area contributed by atoms with E-state index in [2.05, 4.69) is 41.9 Å². The Labute approximate surface area is 215 Å². The van der Waals surface area contributed by atoms with Gasteiger partial charge in [0.05, 0.1) is 20.7 Å². The van der Waals surface area contributed by atoms with Crippen LogP contribution in [0, 0.1) is 6.92 Å². The lowest BCUT2D eigenvalue weighted by Gasteiger charge is -2.25. The molecule has 1 amide bonds. The highest BCUT2D eigenvalue weighted by Gasteiger charge is 2.19. The van der Waals surface area contributed by atoms with Gasteiger partial charge in [-0.2, -0.15) is 5.10 Å². The van der Waals surface area contributed by atoms with Gasteiger partial charge >= 0.3 is 0 Å². The highest BCUT2D eigenvalue weighted by atomic mass is 79.9. The quantitative estimate of drug-likeness (QED) is 0.249. The normalized spacial score (nSPS) is 11.8. The van der Waals surface area contributed by atoms with E-state index in [0.717, 1.165) is 37.1 Å². The van der Waals surface area contributed by atoms with Crippen molar-refractivity contribution in [2.75, 3.05) is 7.05 Å². The minimum absolute atomic E-state index is 0.0376. The van der Waals surface area contributed by atoms with Gasteiger partial charge in [-0.3, -0.25) is 4.79 Å². The Balaban J connectivity index is 1.40. The second-order valence-corrected chi connectivity index (χ2v) is 9.78. The Morgan fingerprint density at radius 2 is 1.71 bits per heavy atom. The maximum atomic E-state index is 13.1. The van der Waals surface area contributed by atoms with Gasteiger partial charge in [0, 0.05) is 12.6 Å². The van der Waals surface area contributed by atoms with E-state index in [-0.39, 0.29) is 11.9 Å². The number of aryl methyl sites for hydroxylation is 1. The Hall–Kier alpha value is -2.97. The highest BCUT2D eigenvalue weighted by molar-refractivity contribution is 9.11. The van der Waals surface area contributed by atoms with Crippen molar-refractivity contribution in [2.24, 2.45) is 0 Å². The molecule has 0 bridgehead atoms. The summed E-state index contributed by atoms with van der Waals surface area (Å²) in [6.45, 7) is 4.45. The topological polar surface area (TPSA) is 60.2 Å². The Morgan fingerprint density at radius 3 is 2.29 bits per heavy atom. The number of ether oxygens (including phenoxy) is 1.